The zero-order valence-corrected chi connectivity index (χ0v) is 17.2. The molecule has 0 fully saturated rings. The number of carbonyl (C=O) groups excluding carboxylic acids is 1. The van der Waals surface area contributed by atoms with Crippen LogP contribution in [0.15, 0.2) is 34.4 Å². The van der Waals surface area contributed by atoms with E-state index in [2.05, 4.69) is 10.3 Å². The summed E-state index contributed by atoms with van der Waals surface area (Å²) in [5.41, 5.74) is 3.17. The number of anilines is 1. The zero-order valence-electron chi connectivity index (χ0n) is 15.6. The monoisotopic (exact) mass is 403 g/mol. The Hall–Kier alpha value is -2.32. The highest BCUT2D eigenvalue weighted by molar-refractivity contribution is 7.99. The summed E-state index contributed by atoms with van der Waals surface area (Å²) in [6.45, 7) is 5.68. The van der Waals surface area contributed by atoms with E-state index < -0.39 is 0 Å². The van der Waals surface area contributed by atoms with Crippen LogP contribution in [0.4, 0.5) is 5.69 Å². The number of thioether (sulfide) groups is 1. The van der Waals surface area contributed by atoms with Crippen LogP contribution in [0, 0.1) is 13.8 Å². The van der Waals surface area contributed by atoms with Crippen molar-refractivity contribution in [3.63, 3.8) is 0 Å². The molecule has 3 aromatic rings. The fraction of sp³-hybridized carbons (Fsp3) is 0.316. The maximum atomic E-state index is 12.5. The number of aryl methyl sites for hydroxylation is 2. The summed E-state index contributed by atoms with van der Waals surface area (Å²) in [5.74, 6) is 0.996. The molecule has 6 nitrogen and oxygen atoms in total. The number of ether oxygens (including phenoxy) is 1. The molecule has 27 heavy (non-hydrogen) atoms. The molecule has 0 aliphatic heterocycles. The maximum Gasteiger partial charge on any atom is 0.258 e. The predicted octanol–water partition coefficient (Wildman–Crippen LogP) is 3.64. The van der Waals surface area contributed by atoms with Gasteiger partial charge in [-0.05, 0) is 38.5 Å². The molecule has 0 bridgehead atoms. The normalized spacial score (nSPS) is 12.1. The molecule has 0 spiro atoms. The zero-order chi connectivity index (χ0) is 19.6. The smallest absolute Gasteiger partial charge is 0.258 e. The van der Waals surface area contributed by atoms with E-state index in [9.17, 15) is 9.59 Å². The van der Waals surface area contributed by atoms with E-state index in [1.807, 2.05) is 44.4 Å². The number of amides is 1. The number of nitrogens with zero attached hydrogens (tertiary/aromatic N) is 2. The Morgan fingerprint density at radius 3 is 2.89 bits per heavy atom. The van der Waals surface area contributed by atoms with Crippen molar-refractivity contribution in [2.75, 3.05) is 12.4 Å². The molecular weight excluding hydrogens is 382 g/mol. The Kier molecular flexibility index (Phi) is 5.86. The molecule has 0 aliphatic carbocycles. The van der Waals surface area contributed by atoms with Crippen molar-refractivity contribution in [1.29, 1.82) is 0 Å². The van der Waals surface area contributed by atoms with Crippen LogP contribution in [0.1, 0.15) is 23.9 Å². The third-order valence-corrected chi connectivity index (χ3v) is 6.21. The molecule has 1 amide bonds. The Morgan fingerprint density at radius 2 is 2.15 bits per heavy atom. The number of benzene rings is 1. The van der Waals surface area contributed by atoms with Gasteiger partial charge in [0.1, 0.15) is 5.75 Å². The van der Waals surface area contributed by atoms with Gasteiger partial charge in [-0.15, -0.1) is 23.1 Å². The van der Waals surface area contributed by atoms with Crippen molar-refractivity contribution < 1.29 is 9.53 Å². The van der Waals surface area contributed by atoms with Gasteiger partial charge >= 0.3 is 0 Å². The Balaban J connectivity index is 1.67. The number of rotatable bonds is 6. The predicted molar refractivity (Wildman–Crippen MR) is 111 cm³/mol. The first-order valence-corrected chi connectivity index (χ1v) is 10.4. The molecule has 0 radical (unpaired) electrons. The van der Waals surface area contributed by atoms with Crippen molar-refractivity contribution in [2.24, 2.45) is 0 Å². The molecule has 0 saturated heterocycles. The van der Waals surface area contributed by atoms with Gasteiger partial charge in [-0.2, -0.15) is 0 Å². The second kappa shape index (κ2) is 8.14. The van der Waals surface area contributed by atoms with Gasteiger partial charge in [0.25, 0.3) is 5.56 Å². The van der Waals surface area contributed by atoms with Gasteiger partial charge in [0, 0.05) is 22.9 Å². The first kappa shape index (κ1) is 19.4. The van der Waals surface area contributed by atoms with Crippen molar-refractivity contribution in [1.82, 2.24) is 9.38 Å². The van der Waals surface area contributed by atoms with Crippen molar-refractivity contribution in [2.45, 2.75) is 31.8 Å². The van der Waals surface area contributed by atoms with Crippen LogP contribution in [0.25, 0.3) is 4.96 Å². The van der Waals surface area contributed by atoms with E-state index in [0.29, 0.717) is 27.8 Å². The molecule has 2 aromatic heterocycles. The second-order valence-corrected chi connectivity index (χ2v) is 8.39. The minimum Gasteiger partial charge on any atom is -0.495 e. The molecule has 0 aliphatic rings. The average molecular weight is 404 g/mol. The maximum absolute atomic E-state index is 12.5. The highest BCUT2D eigenvalue weighted by Gasteiger charge is 2.17. The molecular formula is C19H21N3O3S2. The summed E-state index contributed by atoms with van der Waals surface area (Å²) in [4.78, 5) is 30.0. The van der Waals surface area contributed by atoms with Gasteiger partial charge in [-0.3, -0.25) is 14.0 Å². The lowest BCUT2D eigenvalue weighted by Crippen LogP contribution is -2.23. The summed E-state index contributed by atoms with van der Waals surface area (Å²) in [6.07, 6.45) is 0. The quantitative estimate of drug-likeness (QED) is 0.680. The number of fused-ring (bicyclic) bond motifs is 1. The molecule has 2 heterocycles. The van der Waals surface area contributed by atoms with Crippen LogP contribution >= 0.6 is 23.1 Å². The first-order valence-electron chi connectivity index (χ1n) is 8.43. The highest BCUT2D eigenvalue weighted by Crippen LogP contribution is 2.26. The largest absolute Gasteiger partial charge is 0.495 e. The van der Waals surface area contributed by atoms with Crippen molar-refractivity contribution in [3.05, 3.63) is 57.0 Å². The van der Waals surface area contributed by atoms with Gasteiger partial charge < -0.3 is 10.1 Å². The summed E-state index contributed by atoms with van der Waals surface area (Å²) < 4.78 is 6.90. The molecule has 8 heteroatoms. The van der Waals surface area contributed by atoms with Gasteiger partial charge in [-0.1, -0.05) is 6.07 Å². The van der Waals surface area contributed by atoms with Gasteiger partial charge in [-0.25, -0.2) is 4.98 Å². The molecule has 1 atom stereocenters. The average Bonchev–Trinajstić information content (AvgIpc) is 3.01. The van der Waals surface area contributed by atoms with E-state index in [4.69, 9.17) is 4.74 Å². The van der Waals surface area contributed by atoms with Gasteiger partial charge in [0.15, 0.2) is 4.96 Å². The topological polar surface area (TPSA) is 72.7 Å². The van der Waals surface area contributed by atoms with Gasteiger partial charge in [0.05, 0.1) is 23.7 Å². The van der Waals surface area contributed by atoms with Crippen LogP contribution in [0.2, 0.25) is 0 Å². The molecule has 1 N–H and O–H groups in total. The number of methoxy groups -OCH3 is 1. The summed E-state index contributed by atoms with van der Waals surface area (Å²) in [6, 6.07) is 7.18. The van der Waals surface area contributed by atoms with E-state index in [1.54, 1.807) is 11.5 Å². The van der Waals surface area contributed by atoms with Crippen LogP contribution in [0.3, 0.4) is 0 Å². The third kappa shape index (κ3) is 4.33. The molecule has 0 saturated carbocycles. The van der Waals surface area contributed by atoms with Crippen molar-refractivity contribution in [3.8, 4) is 5.75 Å². The highest BCUT2D eigenvalue weighted by atomic mass is 32.2. The Bertz CT molecular complexity index is 1040. The Morgan fingerprint density at radius 1 is 1.37 bits per heavy atom. The van der Waals surface area contributed by atoms with E-state index in [-0.39, 0.29) is 16.7 Å². The lowest BCUT2D eigenvalue weighted by Gasteiger charge is -2.14. The van der Waals surface area contributed by atoms with Crippen LogP contribution in [0.5, 0.6) is 5.75 Å². The summed E-state index contributed by atoms with van der Waals surface area (Å²) >= 11 is 2.88. The number of aromatic nitrogens is 2. The lowest BCUT2D eigenvalue weighted by molar-refractivity contribution is -0.115. The summed E-state index contributed by atoms with van der Waals surface area (Å²) in [5, 5.41) is 4.52. The number of thiazole rings is 1. The van der Waals surface area contributed by atoms with Crippen LogP contribution in [-0.4, -0.2) is 27.7 Å². The third-order valence-electron chi connectivity index (χ3n) is 4.09. The van der Waals surface area contributed by atoms with Crippen molar-refractivity contribution >= 4 is 39.7 Å². The SMILES string of the molecule is COc1ccc(C)cc1NC(=O)C(C)SCc1cc(=O)n2c(C)csc2n1. The standard InChI is InChI=1S/C19H21N3O3S2/c1-11-5-6-16(25-4)15(7-11)21-18(24)13(3)26-10-14-8-17(23)22-12(2)9-27-19(22)20-14/h5-9,13H,10H2,1-4H3,(H,21,24). The first-order chi connectivity index (χ1) is 12.9. The number of hydrogen-bond acceptors (Lipinski definition) is 6. The minimum atomic E-state index is -0.305. The number of carbonyl (C=O) groups is 1. The molecule has 3 rings (SSSR count). The fourth-order valence-corrected chi connectivity index (χ4v) is 4.28. The number of hydrogen-bond donors (Lipinski definition) is 1. The van der Waals surface area contributed by atoms with Gasteiger partial charge in [0.2, 0.25) is 5.91 Å². The van der Waals surface area contributed by atoms with E-state index in [0.717, 1.165) is 11.3 Å². The Labute approximate surface area is 165 Å². The molecule has 1 unspecified atom stereocenters. The van der Waals surface area contributed by atoms with Crippen LogP contribution in [-0.2, 0) is 10.5 Å². The molecule has 1 aromatic carbocycles. The minimum absolute atomic E-state index is 0.0871. The number of nitrogens with one attached hydrogen (secondary N) is 1. The van der Waals surface area contributed by atoms with E-state index >= 15 is 0 Å². The summed E-state index contributed by atoms with van der Waals surface area (Å²) in [7, 11) is 1.57. The van der Waals surface area contributed by atoms with Crippen LogP contribution < -0.4 is 15.6 Å². The molecule has 142 valence electrons. The lowest BCUT2D eigenvalue weighted by atomic mass is 10.2. The fourth-order valence-electron chi connectivity index (χ4n) is 2.61. The second-order valence-electron chi connectivity index (χ2n) is 6.23. The van der Waals surface area contributed by atoms with E-state index in [1.165, 1.54) is 29.2 Å².